The van der Waals surface area contributed by atoms with E-state index >= 15 is 0 Å². The molecule has 1 N–H and O–H groups in total. The second kappa shape index (κ2) is 7.93. The van der Waals surface area contributed by atoms with Crippen molar-refractivity contribution in [1.82, 2.24) is 10.3 Å². The van der Waals surface area contributed by atoms with E-state index in [1.807, 2.05) is 73.8 Å². The number of nitrogens with one attached hydrogen (secondary N) is 1. The molecule has 5 nitrogen and oxygen atoms in total. The van der Waals surface area contributed by atoms with Gasteiger partial charge in [0.25, 0.3) is 0 Å². The second-order valence-corrected chi connectivity index (χ2v) is 7.87. The third kappa shape index (κ3) is 3.68. The first-order chi connectivity index (χ1) is 15.1. The van der Waals surface area contributed by atoms with Crippen molar-refractivity contribution < 1.29 is 9.53 Å². The first-order valence-electron chi connectivity index (χ1n) is 10.1. The third-order valence-electron chi connectivity index (χ3n) is 5.38. The SMILES string of the molecule is Cc1cnc2c(Cl)cccc2c1-c1cccc(Oc2cccc(N3CCNC3=O)c2)c1. The monoisotopic (exact) mass is 429 g/mol. The number of rotatable bonds is 4. The number of carbonyl (C=O) groups excluding carboxylic acids is 1. The Balaban J connectivity index is 1.50. The fourth-order valence-electron chi connectivity index (χ4n) is 3.95. The number of anilines is 1. The average Bonchev–Trinajstić information content (AvgIpc) is 3.20. The van der Waals surface area contributed by atoms with E-state index in [0.717, 1.165) is 33.3 Å². The van der Waals surface area contributed by atoms with Gasteiger partial charge in [-0.2, -0.15) is 0 Å². The number of nitrogens with zero attached hydrogens (tertiary/aromatic N) is 2. The van der Waals surface area contributed by atoms with Crippen molar-refractivity contribution in [1.29, 1.82) is 0 Å². The zero-order valence-electron chi connectivity index (χ0n) is 16.9. The molecule has 0 aliphatic carbocycles. The molecule has 31 heavy (non-hydrogen) atoms. The Morgan fingerprint density at radius 3 is 2.61 bits per heavy atom. The van der Waals surface area contributed by atoms with E-state index in [1.165, 1.54) is 0 Å². The minimum Gasteiger partial charge on any atom is -0.457 e. The minimum absolute atomic E-state index is 0.0853. The molecular weight excluding hydrogens is 410 g/mol. The van der Waals surface area contributed by atoms with E-state index in [4.69, 9.17) is 16.3 Å². The first kappa shape index (κ1) is 19.4. The quantitative estimate of drug-likeness (QED) is 0.421. The second-order valence-electron chi connectivity index (χ2n) is 7.46. The Morgan fingerprint density at radius 1 is 1.03 bits per heavy atom. The summed E-state index contributed by atoms with van der Waals surface area (Å²) in [6.45, 7) is 3.34. The highest BCUT2D eigenvalue weighted by Gasteiger charge is 2.21. The number of hydrogen-bond acceptors (Lipinski definition) is 3. The van der Waals surface area contributed by atoms with Crippen LogP contribution in [0.2, 0.25) is 5.02 Å². The number of para-hydroxylation sites is 1. The van der Waals surface area contributed by atoms with Gasteiger partial charge in [-0.1, -0.05) is 41.9 Å². The summed E-state index contributed by atoms with van der Waals surface area (Å²) < 4.78 is 6.15. The summed E-state index contributed by atoms with van der Waals surface area (Å²) >= 11 is 6.37. The van der Waals surface area contributed by atoms with E-state index in [-0.39, 0.29) is 6.03 Å². The lowest BCUT2D eigenvalue weighted by Crippen LogP contribution is -2.27. The van der Waals surface area contributed by atoms with Crippen LogP contribution in [-0.4, -0.2) is 24.1 Å². The van der Waals surface area contributed by atoms with Crippen molar-refractivity contribution in [3.05, 3.63) is 83.5 Å². The molecule has 0 radical (unpaired) electrons. The largest absolute Gasteiger partial charge is 0.457 e. The molecule has 5 rings (SSSR count). The summed E-state index contributed by atoms with van der Waals surface area (Å²) in [5.74, 6) is 1.39. The normalized spacial score (nSPS) is 13.5. The molecule has 0 atom stereocenters. The Labute approximate surface area is 185 Å². The maximum absolute atomic E-state index is 12.0. The number of aryl methyl sites for hydroxylation is 1. The number of aromatic nitrogens is 1. The Morgan fingerprint density at radius 2 is 1.81 bits per heavy atom. The summed E-state index contributed by atoms with van der Waals surface area (Å²) in [6, 6.07) is 21.3. The molecule has 0 unspecified atom stereocenters. The average molecular weight is 430 g/mol. The summed E-state index contributed by atoms with van der Waals surface area (Å²) in [7, 11) is 0. The first-order valence-corrected chi connectivity index (χ1v) is 10.5. The molecule has 6 heteroatoms. The van der Waals surface area contributed by atoms with Crippen molar-refractivity contribution in [3.63, 3.8) is 0 Å². The third-order valence-corrected chi connectivity index (χ3v) is 5.69. The fraction of sp³-hybridized carbons (Fsp3) is 0.120. The molecule has 1 aromatic heterocycles. The number of fused-ring (bicyclic) bond motifs is 1. The van der Waals surface area contributed by atoms with Gasteiger partial charge in [-0.15, -0.1) is 0 Å². The van der Waals surface area contributed by atoms with Gasteiger partial charge in [-0.3, -0.25) is 9.88 Å². The van der Waals surface area contributed by atoms with E-state index in [9.17, 15) is 4.79 Å². The summed E-state index contributed by atoms with van der Waals surface area (Å²) in [5, 5.41) is 4.46. The lowest BCUT2D eigenvalue weighted by atomic mass is 9.97. The number of carbonyl (C=O) groups is 1. The highest BCUT2D eigenvalue weighted by molar-refractivity contribution is 6.35. The smallest absolute Gasteiger partial charge is 0.321 e. The zero-order chi connectivity index (χ0) is 21.4. The van der Waals surface area contributed by atoms with Crippen LogP contribution in [0.15, 0.2) is 72.9 Å². The topological polar surface area (TPSA) is 54.5 Å². The number of amides is 2. The van der Waals surface area contributed by atoms with Crippen molar-refractivity contribution in [2.75, 3.05) is 18.0 Å². The standard InChI is InChI=1S/C25H20ClN3O2/c1-16-15-28-24-21(9-4-10-22(24)26)23(16)17-5-2-7-19(13-17)31-20-8-3-6-18(14-20)29-12-11-27-25(29)30/h2-10,13-15H,11-12H2,1H3,(H,27,30). The van der Waals surface area contributed by atoms with E-state index in [2.05, 4.69) is 16.4 Å². The summed E-state index contributed by atoms with van der Waals surface area (Å²) in [4.78, 5) is 18.2. The van der Waals surface area contributed by atoms with Gasteiger partial charge >= 0.3 is 6.03 Å². The number of hydrogen-bond donors (Lipinski definition) is 1. The van der Waals surface area contributed by atoms with Gasteiger partial charge < -0.3 is 10.1 Å². The number of ether oxygens (including phenoxy) is 1. The van der Waals surface area contributed by atoms with Gasteiger partial charge in [0.15, 0.2) is 0 Å². The molecule has 1 fully saturated rings. The Hall–Kier alpha value is -3.57. The highest BCUT2D eigenvalue weighted by atomic mass is 35.5. The lowest BCUT2D eigenvalue weighted by Gasteiger charge is -2.16. The van der Waals surface area contributed by atoms with Gasteiger partial charge in [-0.05, 0) is 53.9 Å². The molecule has 1 aliphatic rings. The number of benzene rings is 3. The predicted molar refractivity (Wildman–Crippen MR) is 124 cm³/mol. The van der Waals surface area contributed by atoms with Crippen molar-refractivity contribution in [2.24, 2.45) is 0 Å². The van der Waals surface area contributed by atoms with Crippen LogP contribution in [0, 0.1) is 6.92 Å². The molecular formula is C25H20ClN3O2. The lowest BCUT2D eigenvalue weighted by molar-refractivity contribution is 0.252. The molecule has 2 amide bonds. The van der Waals surface area contributed by atoms with Crippen LogP contribution in [0.4, 0.5) is 10.5 Å². The fourth-order valence-corrected chi connectivity index (χ4v) is 4.18. The molecule has 4 aromatic rings. The van der Waals surface area contributed by atoms with Gasteiger partial charge in [0, 0.05) is 36.4 Å². The van der Waals surface area contributed by atoms with Crippen LogP contribution in [-0.2, 0) is 0 Å². The summed E-state index contributed by atoms with van der Waals surface area (Å²) in [6.07, 6.45) is 1.85. The van der Waals surface area contributed by atoms with Crippen LogP contribution in [0.25, 0.3) is 22.0 Å². The van der Waals surface area contributed by atoms with Gasteiger partial charge in [0.2, 0.25) is 0 Å². The maximum Gasteiger partial charge on any atom is 0.321 e. The molecule has 0 spiro atoms. The van der Waals surface area contributed by atoms with Crippen LogP contribution in [0.5, 0.6) is 11.5 Å². The van der Waals surface area contributed by atoms with E-state index in [0.29, 0.717) is 29.6 Å². The van der Waals surface area contributed by atoms with Crippen LogP contribution >= 0.6 is 11.6 Å². The molecule has 2 heterocycles. The minimum atomic E-state index is -0.0853. The molecule has 3 aromatic carbocycles. The van der Waals surface area contributed by atoms with E-state index < -0.39 is 0 Å². The summed E-state index contributed by atoms with van der Waals surface area (Å²) in [5.41, 5.74) is 4.77. The van der Waals surface area contributed by atoms with Crippen molar-refractivity contribution in [2.45, 2.75) is 6.92 Å². The van der Waals surface area contributed by atoms with E-state index in [1.54, 1.807) is 4.90 Å². The van der Waals surface area contributed by atoms with Crippen LogP contribution in [0.3, 0.4) is 0 Å². The molecule has 0 saturated carbocycles. The molecule has 0 bridgehead atoms. The number of halogens is 1. The van der Waals surface area contributed by atoms with Crippen molar-refractivity contribution in [3.8, 4) is 22.6 Å². The van der Waals surface area contributed by atoms with Gasteiger partial charge in [0.05, 0.1) is 10.5 Å². The molecule has 154 valence electrons. The van der Waals surface area contributed by atoms with Crippen LogP contribution < -0.4 is 15.0 Å². The number of urea groups is 1. The molecule has 1 saturated heterocycles. The Kier molecular flexibility index (Phi) is 4.96. The number of pyridine rings is 1. The Bertz CT molecular complexity index is 1310. The van der Waals surface area contributed by atoms with Crippen LogP contribution in [0.1, 0.15) is 5.56 Å². The van der Waals surface area contributed by atoms with Crippen molar-refractivity contribution >= 4 is 34.2 Å². The predicted octanol–water partition coefficient (Wildman–Crippen LogP) is 6.19. The maximum atomic E-state index is 12.0. The zero-order valence-corrected chi connectivity index (χ0v) is 17.7. The molecule has 1 aliphatic heterocycles. The highest BCUT2D eigenvalue weighted by Crippen LogP contribution is 2.36. The van der Waals surface area contributed by atoms with Gasteiger partial charge in [-0.25, -0.2) is 4.79 Å². The van der Waals surface area contributed by atoms with Gasteiger partial charge in [0.1, 0.15) is 11.5 Å².